The van der Waals surface area contributed by atoms with Crippen molar-refractivity contribution in [1.29, 1.82) is 0 Å². The van der Waals surface area contributed by atoms with Crippen molar-refractivity contribution in [2.24, 2.45) is 0 Å². The highest BCUT2D eigenvalue weighted by Crippen LogP contribution is 2.26. The van der Waals surface area contributed by atoms with Gasteiger partial charge < -0.3 is 9.24 Å². The van der Waals surface area contributed by atoms with Crippen LogP contribution in [0.4, 0.5) is 5.69 Å². The number of anilines is 1. The van der Waals surface area contributed by atoms with E-state index in [4.69, 9.17) is 0 Å². The minimum atomic E-state index is 0.934. The highest BCUT2D eigenvalue weighted by atomic mass is 31.0. The van der Waals surface area contributed by atoms with Crippen LogP contribution in [-0.4, -0.2) is 28.4 Å². The minimum Gasteiger partial charge on any atom is -0.376 e. The van der Waals surface area contributed by atoms with Gasteiger partial charge in [-0.1, -0.05) is 0 Å². The maximum absolute atomic E-state index is 4.19. The van der Waals surface area contributed by atoms with Crippen molar-refractivity contribution < 1.29 is 0 Å². The molecular weight excluding hydrogens is 183 g/mol. The van der Waals surface area contributed by atoms with Crippen molar-refractivity contribution in [2.75, 3.05) is 19.0 Å². The molecule has 0 N–H and O–H groups in total. The van der Waals surface area contributed by atoms with Crippen LogP contribution in [0.2, 0.25) is 0 Å². The summed E-state index contributed by atoms with van der Waals surface area (Å²) in [5.41, 5.74) is 2.06. The van der Waals surface area contributed by atoms with Crippen molar-refractivity contribution >= 4 is 26.1 Å². The van der Waals surface area contributed by atoms with E-state index in [1.807, 2.05) is 35.7 Å². The third-order valence-corrected chi connectivity index (χ3v) is 2.35. The largest absolute Gasteiger partial charge is 0.376 e. The summed E-state index contributed by atoms with van der Waals surface area (Å²) in [6.07, 6.45) is 5.41. The topological polar surface area (TPSA) is 34.0 Å². The summed E-state index contributed by atoms with van der Waals surface area (Å²) < 4.78 is 1.92. The Balaban J connectivity index is 2.78. The molecule has 0 fully saturated rings. The molecule has 1 unspecified atom stereocenters. The van der Waals surface area contributed by atoms with Gasteiger partial charge in [0.2, 0.25) is 0 Å². The average Bonchev–Trinajstić information content (AvgIpc) is 2.45. The first-order valence-electron chi connectivity index (χ1n) is 3.93. The van der Waals surface area contributed by atoms with Crippen molar-refractivity contribution in [1.82, 2.24) is 14.3 Å². The first kappa shape index (κ1) is 8.45. The molecule has 0 aliphatic carbocycles. The van der Waals surface area contributed by atoms with Gasteiger partial charge in [-0.15, -0.1) is 0 Å². The Morgan fingerprint density at radius 2 is 2.23 bits per heavy atom. The summed E-state index contributed by atoms with van der Waals surface area (Å²) in [6.45, 7) is 0. The lowest BCUT2D eigenvalue weighted by Crippen LogP contribution is -2.07. The standard InChI is InChI=1S/C8H11N4P/c1-11(2)7-4-12(13)8-6(7)3-9-5-10-8/h3-5H,13H2,1-2H3. The number of aromatic nitrogens is 3. The molecule has 2 aromatic rings. The van der Waals surface area contributed by atoms with Crippen LogP contribution in [0.3, 0.4) is 0 Å². The molecule has 0 amide bonds. The predicted molar refractivity (Wildman–Crippen MR) is 57.0 cm³/mol. The molecule has 68 valence electrons. The minimum absolute atomic E-state index is 0.934. The molecule has 0 aliphatic rings. The van der Waals surface area contributed by atoms with Gasteiger partial charge in [0.25, 0.3) is 0 Å². The Bertz CT molecular complexity index is 435. The van der Waals surface area contributed by atoms with Crippen molar-refractivity contribution in [2.45, 2.75) is 0 Å². The van der Waals surface area contributed by atoms with Crippen molar-refractivity contribution in [3.63, 3.8) is 0 Å². The summed E-state index contributed by atoms with van der Waals surface area (Å²) in [5, 5.41) is 1.07. The predicted octanol–water partition coefficient (Wildman–Crippen LogP) is 1.14. The highest BCUT2D eigenvalue weighted by molar-refractivity contribution is 7.14. The van der Waals surface area contributed by atoms with Crippen LogP contribution in [0.5, 0.6) is 0 Å². The lowest BCUT2D eigenvalue weighted by Gasteiger charge is -2.08. The second-order valence-corrected chi connectivity index (χ2v) is 3.63. The van der Waals surface area contributed by atoms with Crippen LogP contribution < -0.4 is 4.90 Å². The van der Waals surface area contributed by atoms with Gasteiger partial charge >= 0.3 is 0 Å². The second-order valence-electron chi connectivity index (χ2n) is 3.08. The molecule has 2 rings (SSSR count). The Labute approximate surface area is 78.8 Å². The summed E-state index contributed by atoms with van der Waals surface area (Å²) in [5.74, 6) is 0. The van der Waals surface area contributed by atoms with Gasteiger partial charge in [-0.3, -0.25) is 0 Å². The number of rotatable bonds is 1. The lowest BCUT2D eigenvalue weighted by molar-refractivity contribution is 1.13. The number of hydrogen-bond acceptors (Lipinski definition) is 3. The van der Waals surface area contributed by atoms with Crippen LogP contribution in [0.25, 0.3) is 11.0 Å². The van der Waals surface area contributed by atoms with E-state index in [1.165, 1.54) is 0 Å². The molecule has 0 aliphatic heterocycles. The van der Waals surface area contributed by atoms with E-state index in [1.54, 1.807) is 6.33 Å². The molecule has 0 spiro atoms. The molecule has 13 heavy (non-hydrogen) atoms. The Kier molecular flexibility index (Phi) is 1.93. The molecular formula is C8H11N4P. The number of fused-ring (bicyclic) bond motifs is 1. The fraction of sp³-hybridized carbons (Fsp3) is 0.250. The Morgan fingerprint density at radius 3 is 2.92 bits per heavy atom. The smallest absolute Gasteiger partial charge is 0.148 e. The summed E-state index contributed by atoms with van der Waals surface area (Å²) in [7, 11) is 6.62. The van der Waals surface area contributed by atoms with Crippen LogP contribution in [0.1, 0.15) is 0 Å². The van der Waals surface area contributed by atoms with Gasteiger partial charge in [0.05, 0.1) is 11.1 Å². The van der Waals surface area contributed by atoms with Gasteiger partial charge in [-0.05, 0) is 9.39 Å². The van der Waals surface area contributed by atoms with E-state index in [-0.39, 0.29) is 0 Å². The van der Waals surface area contributed by atoms with Gasteiger partial charge in [-0.25, -0.2) is 9.97 Å². The fourth-order valence-corrected chi connectivity index (χ4v) is 1.68. The zero-order valence-corrected chi connectivity index (χ0v) is 8.75. The monoisotopic (exact) mass is 194 g/mol. The van der Waals surface area contributed by atoms with E-state index < -0.39 is 0 Å². The van der Waals surface area contributed by atoms with Crippen LogP contribution in [0.15, 0.2) is 18.7 Å². The first-order valence-corrected chi connectivity index (χ1v) is 4.45. The zero-order valence-electron chi connectivity index (χ0n) is 7.60. The molecule has 0 saturated heterocycles. The maximum Gasteiger partial charge on any atom is 0.148 e. The van der Waals surface area contributed by atoms with E-state index >= 15 is 0 Å². The molecule has 1 atom stereocenters. The van der Waals surface area contributed by atoms with Gasteiger partial charge in [0.15, 0.2) is 0 Å². The van der Waals surface area contributed by atoms with Crippen molar-refractivity contribution in [3.8, 4) is 0 Å². The Morgan fingerprint density at radius 1 is 1.46 bits per heavy atom. The fourth-order valence-electron chi connectivity index (χ4n) is 1.33. The van der Waals surface area contributed by atoms with Gasteiger partial charge in [-0.2, -0.15) is 0 Å². The van der Waals surface area contributed by atoms with E-state index in [2.05, 4.69) is 19.4 Å². The third-order valence-electron chi connectivity index (χ3n) is 1.95. The molecule has 0 radical (unpaired) electrons. The lowest BCUT2D eigenvalue weighted by atomic mass is 10.3. The summed E-state index contributed by atoms with van der Waals surface area (Å²) in [6, 6.07) is 0. The van der Waals surface area contributed by atoms with Crippen LogP contribution in [-0.2, 0) is 0 Å². The van der Waals surface area contributed by atoms with Crippen LogP contribution >= 0.6 is 9.39 Å². The van der Waals surface area contributed by atoms with E-state index in [0.717, 1.165) is 16.7 Å². The normalized spacial score (nSPS) is 10.7. The average molecular weight is 194 g/mol. The molecule has 5 heteroatoms. The molecule has 0 saturated carbocycles. The quantitative estimate of drug-likeness (QED) is 0.638. The highest BCUT2D eigenvalue weighted by Gasteiger charge is 2.08. The molecule has 0 bridgehead atoms. The second kappa shape index (κ2) is 2.96. The zero-order chi connectivity index (χ0) is 9.42. The van der Waals surface area contributed by atoms with Crippen LogP contribution in [0, 0.1) is 0 Å². The molecule has 0 aromatic carbocycles. The summed E-state index contributed by atoms with van der Waals surface area (Å²) in [4.78, 5) is 10.2. The van der Waals surface area contributed by atoms with Gasteiger partial charge in [0, 0.05) is 26.5 Å². The number of nitrogens with zero attached hydrogens (tertiary/aromatic N) is 4. The number of hydrogen-bond donors (Lipinski definition) is 0. The summed E-state index contributed by atoms with van der Waals surface area (Å²) >= 11 is 0. The van der Waals surface area contributed by atoms with E-state index in [9.17, 15) is 0 Å². The first-order chi connectivity index (χ1) is 6.20. The SMILES string of the molecule is CN(C)c1cn(P)c2ncncc12. The van der Waals surface area contributed by atoms with E-state index in [0.29, 0.717) is 0 Å². The van der Waals surface area contributed by atoms with Crippen molar-refractivity contribution in [3.05, 3.63) is 18.7 Å². The Hall–Kier alpha value is -1.15. The van der Waals surface area contributed by atoms with Gasteiger partial charge in [0.1, 0.15) is 12.0 Å². The third kappa shape index (κ3) is 1.27. The molecule has 4 nitrogen and oxygen atoms in total. The molecule has 2 heterocycles. The molecule has 2 aromatic heterocycles. The maximum atomic E-state index is 4.19.